The molecule has 1 aliphatic heterocycles. The molecule has 1 aromatic rings. The Morgan fingerprint density at radius 1 is 1.58 bits per heavy atom. The molecule has 0 bridgehead atoms. The summed E-state index contributed by atoms with van der Waals surface area (Å²) in [5, 5.41) is 10.7. The van der Waals surface area contributed by atoms with Crippen molar-refractivity contribution in [1.29, 1.82) is 0 Å². The van der Waals surface area contributed by atoms with Gasteiger partial charge in [0.05, 0.1) is 4.92 Å². The van der Waals surface area contributed by atoms with Crippen LogP contribution in [0.1, 0.15) is 18.9 Å². The summed E-state index contributed by atoms with van der Waals surface area (Å²) in [6.45, 7) is 4.93. The Kier molecular flexibility index (Phi) is 4.54. The van der Waals surface area contributed by atoms with Crippen molar-refractivity contribution in [3.05, 3.63) is 38.3 Å². The molecule has 104 valence electrons. The van der Waals surface area contributed by atoms with Crippen LogP contribution in [0.15, 0.2) is 22.7 Å². The number of hydrogen-bond donors (Lipinski definition) is 1. The molecule has 1 aliphatic rings. The highest BCUT2D eigenvalue weighted by atomic mass is 79.9. The number of piperidine rings is 1. The Balaban J connectivity index is 2.05. The lowest BCUT2D eigenvalue weighted by Crippen LogP contribution is -2.45. The van der Waals surface area contributed by atoms with Crippen molar-refractivity contribution < 1.29 is 4.92 Å². The quantitative estimate of drug-likeness (QED) is 0.684. The summed E-state index contributed by atoms with van der Waals surface area (Å²) in [7, 11) is 0. The van der Waals surface area contributed by atoms with E-state index < -0.39 is 0 Å². The number of hydrogen-bond acceptors (Lipinski definition) is 4. The standard InChI is InChI=1S/C13H18BrN3O2/c1-9-7-16(5-4-13(9)15)8-10-2-3-11(17(18)19)6-12(10)14/h2-3,6,9,13H,4-5,7-8,15H2,1H3. The minimum absolute atomic E-state index is 0.115. The highest BCUT2D eigenvalue weighted by molar-refractivity contribution is 9.10. The van der Waals surface area contributed by atoms with E-state index in [2.05, 4.69) is 27.8 Å². The van der Waals surface area contributed by atoms with E-state index in [4.69, 9.17) is 5.73 Å². The van der Waals surface area contributed by atoms with E-state index in [1.165, 1.54) is 0 Å². The van der Waals surface area contributed by atoms with Gasteiger partial charge in [-0.25, -0.2) is 0 Å². The van der Waals surface area contributed by atoms with Crippen LogP contribution in [0, 0.1) is 16.0 Å². The number of nitro benzene ring substituents is 1. The predicted molar refractivity (Wildman–Crippen MR) is 77.8 cm³/mol. The van der Waals surface area contributed by atoms with Gasteiger partial charge in [-0.05, 0) is 30.5 Å². The fourth-order valence-electron chi connectivity index (χ4n) is 2.41. The highest BCUT2D eigenvalue weighted by Gasteiger charge is 2.23. The minimum atomic E-state index is -0.378. The first-order valence-corrected chi connectivity index (χ1v) is 7.17. The van der Waals surface area contributed by atoms with E-state index in [9.17, 15) is 10.1 Å². The van der Waals surface area contributed by atoms with Crippen LogP contribution in [0.5, 0.6) is 0 Å². The maximum absolute atomic E-state index is 10.7. The number of nitrogens with two attached hydrogens (primary N) is 1. The summed E-state index contributed by atoms with van der Waals surface area (Å²) >= 11 is 3.41. The molecule has 2 atom stereocenters. The van der Waals surface area contributed by atoms with Crippen molar-refractivity contribution >= 4 is 21.6 Å². The van der Waals surface area contributed by atoms with Gasteiger partial charge in [0.1, 0.15) is 0 Å². The van der Waals surface area contributed by atoms with E-state index in [0.717, 1.165) is 36.1 Å². The molecule has 0 aromatic heterocycles. The fourth-order valence-corrected chi connectivity index (χ4v) is 2.90. The minimum Gasteiger partial charge on any atom is -0.327 e. The van der Waals surface area contributed by atoms with Crippen molar-refractivity contribution in [2.75, 3.05) is 13.1 Å². The molecule has 0 saturated carbocycles. The Labute approximate surface area is 121 Å². The molecule has 0 radical (unpaired) electrons. The molecule has 19 heavy (non-hydrogen) atoms. The largest absolute Gasteiger partial charge is 0.327 e. The van der Waals surface area contributed by atoms with Gasteiger partial charge in [0.25, 0.3) is 5.69 Å². The van der Waals surface area contributed by atoms with Crippen LogP contribution in [0.4, 0.5) is 5.69 Å². The van der Waals surface area contributed by atoms with E-state index in [-0.39, 0.29) is 16.7 Å². The topological polar surface area (TPSA) is 72.4 Å². The molecule has 2 N–H and O–H groups in total. The molecule has 5 nitrogen and oxygen atoms in total. The van der Waals surface area contributed by atoms with E-state index >= 15 is 0 Å². The van der Waals surface area contributed by atoms with Gasteiger partial charge in [-0.2, -0.15) is 0 Å². The Bertz CT molecular complexity index is 481. The lowest BCUT2D eigenvalue weighted by molar-refractivity contribution is -0.384. The average molecular weight is 328 g/mol. The second-order valence-corrected chi connectivity index (χ2v) is 6.05. The molecule has 1 saturated heterocycles. The lowest BCUT2D eigenvalue weighted by atomic mass is 9.94. The Morgan fingerprint density at radius 3 is 2.89 bits per heavy atom. The second-order valence-electron chi connectivity index (χ2n) is 5.20. The predicted octanol–water partition coefficient (Wildman–Crippen LogP) is 2.53. The van der Waals surface area contributed by atoms with Gasteiger partial charge in [0, 0.05) is 35.7 Å². The lowest BCUT2D eigenvalue weighted by Gasteiger charge is -2.35. The number of likely N-dealkylation sites (tertiary alicyclic amines) is 1. The van der Waals surface area contributed by atoms with Crippen molar-refractivity contribution in [2.45, 2.75) is 25.9 Å². The highest BCUT2D eigenvalue weighted by Crippen LogP contribution is 2.25. The number of halogens is 1. The van der Waals surface area contributed by atoms with E-state index in [1.807, 2.05) is 6.07 Å². The third-order valence-electron chi connectivity index (χ3n) is 3.70. The molecule has 2 unspecified atom stereocenters. The summed E-state index contributed by atoms with van der Waals surface area (Å²) in [6.07, 6.45) is 1.01. The van der Waals surface area contributed by atoms with Gasteiger partial charge in [-0.3, -0.25) is 15.0 Å². The Hall–Kier alpha value is -0.980. The van der Waals surface area contributed by atoms with Crippen LogP contribution in [0.25, 0.3) is 0 Å². The summed E-state index contributed by atoms with van der Waals surface area (Å²) in [5.41, 5.74) is 7.20. The van der Waals surface area contributed by atoms with Gasteiger partial charge < -0.3 is 5.73 Å². The van der Waals surface area contributed by atoms with Crippen LogP contribution in [0.3, 0.4) is 0 Å². The molecule has 0 spiro atoms. The third kappa shape index (κ3) is 3.52. The molecule has 2 rings (SSSR count). The first-order chi connectivity index (χ1) is 8.97. The monoisotopic (exact) mass is 327 g/mol. The molecule has 1 fully saturated rings. The summed E-state index contributed by atoms with van der Waals surface area (Å²) in [5.74, 6) is 0.491. The SMILES string of the molecule is CC1CN(Cc2ccc([N+](=O)[O-])cc2Br)CCC1N. The second kappa shape index (κ2) is 5.98. The zero-order valence-electron chi connectivity index (χ0n) is 10.9. The summed E-state index contributed by atoms with van der Waals surface area (Å²) < 4.78 is 0.796. The van der Waals surface area contributed by atoms with E-state index in [0.29, 0.717) is 5.92 Å². The number of benzene rings is 1. The number of nitrogens with zero attached hydrogens (tertiary/aromatic N) is 2. The maximum Gasteiger partial charge on any atom is 0.270 e. The van der Waals surface area contributed by atoms with Crippen LogP contribution >= 0.6 is 15.9 Å². The van der Waals surface area contributed by atoms with Crippen molar-refractivity contribution in [3.8, 4) is 0 Å². The molecule has 0 amide bonds. The van der Waals surface area contributed by atoms with Gasteiger partial charge in [-0.1, -0.05) is 22.9 Å². The molecule has 6 heteroatoms. The smallest absolute Gasteiger partial charge is 0.270 e. The van der Waals surface area contributed by atoms with Crippen LogP contribution in [0.2, 0.25) is 0 Å². The molecule has 1 aromatic carbocycles. The number of non-ortho nitro benzene ring substituents is 1. The first kappa shape index (κ1) is 14.4. The van der Waals surface area contributed by atoms with Crippen molar-refractivity contribution in [3.63, 3.8) is 0 Å². The zero-order valence-corrected chi connectivity index (χ0v) is 12.5. The van der Waals surface area contributed by atoms with Crippen molar-refractivity contribution in [2.24, 2.45) is 11.7 Å². The fraction of sp³-hybridized carbons (Fsp3) is 0.538. The first-order valence-electron chi connectivity index (χ1n) is 6.38. The third-order valence-corrected chi connectivity index (χ3v) is 4.44. The van der Waals surface area contributed by atoms with Crippen LogP contribution in [-0.2, 0) is 6.54 Å². The van der Waals surface area contributed by atoms with E-state index in [1.54, 1.807) is 12.1 Å². The molecule has 0 aliphatic carbocycles. The number of rotatable bonds is 3. The van der Waals surface area contributed by atoms with Gasteiger partial charge in [0.15, 0.2) is 0 Å². The summed E-state index contributed by atoms with van der Waals surface area (Å²) in [6, 6.07) is 5.23. The van der Waals surface area contributed by atoms with Gasteiger partial charge in [0.2, 0.25) is 0 Å². The van der Waals surface area contributed by atoms with Crippen LogP contribution in [-0.4, -0.2) is 29.0 Å². The zero-order chi connectivity index (χ0) is 14.0. The molecular weight excluding hydrogens is 310 g/mol. The molecule has 1 heterocycles. The summed E-state index contributed by atoms with van der Waals surface area (Å²) in [4.78, 5) is 12.7. The van der Waals surface area contributed by atoms with Crippen molar-refractivity contribution in [1.82, 2.24) is 4.90 Å². The van der Waals surface area contributed by atoms with Gasteiger partial charge in [-0.15, -0.1) is 0 Å². The normalized spacial score (nSPS) is 24.4. The molecular formula is C13H18BrN3O2. The Morgan fingerprint density at radius 2 is 2.32 bits per heavy atom. The maximum atomic E-state index is 10.7. The van der Waals surface area contributed by atoms with Gasteiger partial charge >= 0.3 is 0 Å². The average Bonchev–Trinajstić information content (AvgIpc) is 2.36. The van der Waals surface area contributed by atoms with Crippen LogP contribution < -0.4 is 5.73 Å². The number of nitro groups is 1.